The van der Waals surface area contributed by atoms with E-state index in [2.05, 4.69) is 10.6 Å². The number of nitrogens with one attached hydrogen (secondary N) is 2. The predicted molar refractivity (Wildman–Crippen MR) is 67.0 cm³/mol. The first-order chi connectivity index (χ1) is 8.35. The van der Waals surface area contributed by atoms with E-state index in [1.54, 1.807) is 6.92 Å². The Morgan fingerprint density at radius 1 is 1.11 bits per heavy atom. The molecule has 0 aliphatic rings. The van der Waals surface area contributed by atoms with Crippen LogP contribution in [-0.2, 0) is 9.59 Å². The normalized spacial score (nSPS) is 13.5. The number of carboxylic acid groups (broad SMARTS) is 1. The minimum absolute atomic E-state index is 0.0308. The maximum absolute atomic E-state index is 11.4. The van der Waals surface area contributed by atoms with Gasteiger partial charge < -0.3 is 10.4 Å². The third-order valence-electron chi connectivity index (χ3n) is 2.62. The highest BCUT2D eigenvalue weighted by atomic mass is 16.4. The van der Waals surface area contributed by atoms with Crippen LogP contribution >= 0.6 is 0 Å². The van der Waals surface area contributed by atoms with Gasteiger partial charge in [0.1, 0.15) is 0 Å². The summed E-state index contributed by atoms with van der Waals surface area (Å²) in [6.45, 7) is 6.19. The number of hydrogen-bond acceptors (Lipinski definition) is 3. The molecule has 0 aliphatic heterocycles. The van der Waals surface area contributed by atoms with Gasteiger partial charge in [-0.25, -0.2) is 4.79 Å². The molecule has 0 heterocycles. The van der Waals surface area contributed by atoms with Crippen LogP contribution in [0.3, 0.4) is 0 Å². The second kappa shape index (κ2) is 8.49. The van der Waals surface area contributed by atoms with Gasteiger partial charge in [-0.15, -0.1) is 0 Å². The lowest BCUT2D eigenvalue weighted by Crippen LogP contribution is -2.41. The fraction of sp³-hybridized carbons (Fsp3) is 0.750. The quantitative estimate of drug-likeness (QED) is 0.642. The molecule has 2 atom stereocenters. The molecule has 0 fully saturated rings. The standard InChI is InChI=1S/C12H22N2O4/c1-4-8(2)7-13-12(18)14-10(15)5-9(3)6-11(16)17/h8-9H,4-7H2,1-3H3,(H,16,17)(H2,13,14,15,18). The summed E-state index contributed by atoms with van der Waals surface area (Å²) in [4.78, 5) is 33.1. The molecule has 2 unspecified atom stereocenters. The maximum atomic E-state index is 11.4. The Morgan fingerprint density at radius 2 is 1.72 bits per heavy atom. The van der Waals surface area contributed by atoms with Gasteiger partial charge in [0.05, 0.1) is 0 Å². The van der Waals surface area contributed by atoms with Gasteiger partial charge in [-0.05, 0) is 11.8 Å². The van der Waals surface area contributed by atoms with Crippen molar-refractivity contribution < 1.29 is 19.5 Å². The molecule has 0 aliphatic carbocycles. The highest BCUT2D eigenvalue weighted by Gasteiger charge is 2.14. The van der Waals surface area contributed by atoms with E-state index in [0.717, 1.165) is 6.42 Å². The van der Waals surface area contributed by atoms with Crippen LogP contribution in [-0.4, -0.2) is 29.6 Å². The van der Waals surface area contributed by atoms with E-state index in [9.17, 15) is 14.4 Å². The van der Waals surface area contributed by atoms with Crippen LogP contribution in [0.2, 0.25) is 0 Å². The van der Waals surface area contributed by atoms with Crippen LogP contribution in [0.1, 0.15) is 40.0 Å². The van der Waals surface area contributed by atoms with E-state index in [0.29, 0.717) is 12.5 Å². The molecule has 104 valence electrons. The molecule has 0 bridgehead atoms. The van der Waals surface area contributed by atoms with Crippen molar-refractivity contribution in [3.8, 4) is 0 Å². The molecular formula is C12H22N2O4. The minimum atomic E-state index is -0.948. The Morgan fingerprint density at radius 3 is 2.22 bits per heavy atom. The summed E-state index contributed by atoms with van der Waals surface area (Å²) < 4.78 is 0. The number of hydrogen-bond donors (Lipinski definition) is 3. The number of aliphatic carboxylic acids is 1. The Bertz CT molecular complexity index is 304. The Hall–Kier alpha value is -1.59. The maximum Gasteiger partial charge on any atom is 0.321 e. The lowest BCUT2D eigenvalue weighted by Gasteiger charge is -2.12. The minimum Gasteiger partial charge on any atom is -0.481 e. The van der Waals surface area contributed by atoms with E-state index in [4.69, 9.17) is 5.11 Å². The van der Waals surface area contributed by atoms with Crippen molar-refractivity contribution in [2.24, 2.45) is 11.8 Å². The molecule has 0 saturated heterocycles. The summed E-state index contributed by atoms with van der Waals surface area (Å²) in [5.41, 5.74) is 0. The second-order valence-corrected chi connectivity index (χ2v) is 4.68. The van der Waals surface area contributed by atoms with E-state index >= 15 is 0 Å². The summed E-state index contributed by atoms with van der Waals surface area (Å²) in [5, 5.41) is 13.3. The number of carbonyl (C=O) groups is 3. The largest absolute Gasteiger partial charge is 0.481 e. The van der Waals surface area contributed by atoms with Crippen LogP contribution < -0.4 is 10.6 Å². The van der Waals surface area contributed by atoms with Crippen LogP contribution in [0.25, 0.3) is 0 Å². The van der Waals surface area contributed by atoms with Crippen LogP contribution in [0, 0.1) is 11.8 Å². The summed E-state index contributed by atoms with van der Waals surface area (Å²) in [6, 6.07) is -0.525. The lowest BCUT2D eigenvalue weighted by atomic mass is 10.0. The number of urea groups is 1. The van der Waals surface area contributed by atoms with Crippen molar-refractivity contribution in [1.82, 2.24) is 10.6 Å². The van der Waals surface area contributed by atoms with Gasteiger partial charge >= 0.3 is 12.0 Å². The van der Waals surface area contributed by atoms with Gasteiger partial charge in [-0.2, -0.15) is 0 Å². The van der Waals surface area contributed by atoms with E-state index in [-0.39, 0.29) is 18.8 Å². The van der Waals surface area contributed by atoms with Crippen molar-refractivity contribution in [1.29, 1.82) is 0 Å². The second-order valence-electron chi connectivity index (χ2n) is 4.68. The molecule has 3 N–H and O–H groups in total. The van der Waals surface area contributed by atoms with Gasteiger partial charge in [-0.1, -0.05) is 27.2 Å². The van der Waals surface area contributed by atoms with Crippen molar-refractivity contribution in [3.63, 3.8) is 0 Å². The smallest absolute Gasteiger partial charge is 0.321 e. The number of carboxylic acids is 1. The highest BCUT2D eigenvalue weighted by Crippen LogP contribution is 2.06. The fourth-order valence-corrected chi connectivity index (χ4v) is 1.32. The fourth-order valence-electron chi connectivity index (χ4n) is 1.32. The highest BCUT2D eigenvalue weighted by molar-refractivity contribution is 5.94. The molecule has 0 rings (SSSR count). The Labute approximate surface area is 107 Å². The van der Waals surface area contributed by atoms with Gasteiger partial charge in [0.25, 0.3) is 0 Å². The summed E-state index contributed by atoms with van der Waals surface area (Å²) >= 11 is 0. The molecule has 0 radical (unpaired) electrons. The average molecular weight is 258 g/mol. The first kappa shape index (κ1) is 16.4. The monoisotopic (exact) mass is 258 g/mol. The van der Waals surface area contributed by atoms with Crippen molar-refractivity contribution in [3.05, 3.63) is 0 Å². The van der Waals surface area contributed by atoms with E-state index in [1.807, 2.05) is 13.8 Å². The van der Waals surface area contributed by atoms with E-state index < -0.39 is 17.9 Å². The topological polar surface area (TPSA) is 95.5 Å². The third-order valence-corrected chi connectivity index (χ3v) is 2.62. The molecule has 3 amide bonds. The molecule has 6 heteroatoms. The van der Waals surface area contributed by atoms with Crippen LogP contribution in [0.15, 0.2) is 0 Å². The molecule has 0 aromatic rings. The van der Waals surface area contributed by atoms with Gasteiger partial charge in [0, 0.05) is 19.4 Å². The van der Waals surface area contributed by atoms with Crippen molar-refractivity contribution in [2.75, 3.05) is 6.54 Å². The third kappa shape index (κ3) is 8.55. The predicted octanol–water partition coefficient (Wildman–Crippen LogP) is 1.36. The summed E-state index contributed by atoms with van der Waals surface area (Å²) in [7, 11) is 0. The molecule has 6 nitrogen and oxygen atoms in total. The summed E-state index contributed by atoms with van der Waals surface area (Å²) in [6.07, 6.45) is 0.898. The number of carbonyl (C=O) groups excluding carboxylic acids is 2. The van der Waals surface area contributed by atoms with Crippen molar-refractivity contribution in [2.45, 2.75) is 40.0 Å². The summed E-state index contributed by atoms with van der Waals surface area (Å²) in [5.74, 6) is -1.33. The van der Waals surface area contributed by atoms with Gasteiger partial charge in [-0.3, -0.25) is 14.9 Å². The molecule has 0 aromatic heterocycles. The molecular weight excluding hydrogens is 236 g/mol. The van der Waals surface area contributed by atoms with E-state index in [1.165, 1.54) is 0 Å². The van der Waals surface area contributed by atoms with Gasteiger partial charge in [0.15, 0.2) is 0 Å². The average Bonchev–Trinajstić information content (AvgIpc) is 2.24. The molecule has 0 saturated carbocycles. The van der Waals surface area contributed by atoms with Crippen LogP contribution in [0.4, 0.5) is 4.79 Å². The lowest BCUT2D eigenvalue weighted by molar-refractivity contribution is -0.138. The first-order valence-electron chi connectivity index (χ1n) is 6.14. The number of amides is 3. The first-order valence-corrected chi connectivity index (χ1v) is 6.14. The number of rotatable bonds is 7. The van der Waals surface area contributed by atoms with Crippen molar-refractivity contribution >= 4 is 17.9 Å². The Balaban J connectivity index is 3.86. The molecule has 0 spiro atoms. The SMILES string of the molecule is CCC(C)CNC(=O)NC(=O)CC(C)CC(=O)O. The zero-order valence-corrected chi connectivity index (χ0v) is 11.2. The zero-order chi connectivity index (χ0) is 14.1. The number of imide groups is 1. The molecule has 18 heavy (non-hydrogen) atoms. The molecule has 0 aromatic carbocycles. The Kier molecular flexibility index (Phi) is 7.74. The van der Waals surface area contributed by atoms with Crippen LogP contribution in [0.5, 0.6) is 0 Å². The van der Waals surface area contributed by atoms with Gasteiger partial charge in [0.2, 0.25) is 5.91 Å². The zero-order valence-electron chi connectivity index (χ0n) is 11.2.